The van der Waals surface area contributed by atoms with Crippen molar-refractivity contribution in [1.29, 1.82) is 0 Å². The Labute approximate surface area is 166 Å². The molecular weight excluding hydrogens is 380 g/mol. The SMILES string of the molecule is COc1ccc(NC(=O)CN(C)CCCOc2cccc(S(C)(=O)=O)c2)cc1. The molecule has 0 aliphatic heterocycles. The zero-order chi connectivity index (χ0) is 20.6. The van der Waals surface area contributed by atoms with Crippen molar-refractivity contribution in [3.05, 3.63) is 48.5 Å². The van der Waals surface area contributed by atoms with E-state index in [-0.39, 0.29) is 17.3 Å². The van der Waals surface area contributed by atoms with Gasteiger partial charge in [0.25, 0.3) is 0 Å². The smallest absolute Gasteiger partial charge is 0.238 e. The van der Waals surface area contributed by atoms with Crippen molar-refractivity contribution in [1.82, 2.24) is 4.90 Å². The summed E-state index contributed by atoms with van der Waals surface area (Å²) in [6, 6.07) is 13.6. The third-order valence-electron chi connectivity index (χ3n) is 3.97. The molecule has 2 aromatic carbocycles. The first kappa shape index (κ1) is 21.7. The summed E-state index contributed by atoms with van der Waals surface area (Å²) < 4.78 is 33.8. The highest BCUT2D eigenvalue weighted by Crippen LogP contribution is 2.17. The fraction of sp³-hybridized carbons (Fsp3) is 0.350. The number of carbonyl (C=O) groups excluding carboxylic acids is 1. The minimum Gasteiger partial charge on any atom is -0.497 e. The van der Waals surface area contributed by atoms with Crippen LogP contribution in [0.4, 0.5) is 5.69 Å². The summed E-state index contributed by atoms with van der Waals surface area (Å²) in [5.41, 5.74) is 0.716. The molecule has 0 heterocycles. The fourth-order valence-electron chi connectivity index (χ4n) is 2.52. The van der Waals surface area contributed by atoms with Gasteiger partial charge in [-0.05, 0) is 55.9 Å². The topological polar surface area (TPSA) is 84.9 Å². The quantitative estimate of drug-likeness (QED) is 0.610. The van der Waals surface area contributed by atoms with E-state index < -0.39 is 9.84 Å². The minimum absolute atomic E-state index is 0.102. The van der Waals surface area contributed by atoms with Gasteiger partial charge in [-0.2, -0.15) is 0 Å². The third-order valence-corrected chi connectivity index (χ3v) is 5.08. The molecule has 0 saturated carbocycles. The van der Waals surface area contributed by atoms with Crippen molar-refractivity contribution in [2.45, 2.75) is 11.3 Å². The molecule has 0 spiro atoms. The van der Waals surface area contributed by atoms with E-state index in [2.05, 4.69) is 5.32 Å². The number of ether oxygens (including phenoxy) is 2. The monoisotopic (exact) mass is 406 g/mol. The molecule has 0 unspecified atom stereocenters. The van der Waals surface area contributed by atoms with Crippen LogP contribution in [-0.2, 0) is 14.6 Å². The Morgan fingerprint density at radius 2 is 1.82 bits per heavy atom. The number of sulfone groups is 1. The summed E-state index contributed by atoms with van der Waals surface area (Å²) >= 11 is 0. The van der Waals surface area contributed by atoms with Crippen molar-refractivity contribution in [3.63, 3.8) is 0 Å². The van der Waals surface area contributed by atoms with E-state index in [1.807, 2.05) is 11.9 Å². The summed E-state index contributed by atoms with van der Waals surface area (Å²) in [7, 11) is 0.199. The number of hydrogen-bond donors (Lipinski definition) is 1. The van der Waals surface area contributed by atoms with Gasteiger partial charge in [-0.25, -0.2) is 8.42 Å². The van der Waals surface area contributed by atoms with E-state index in [1.54, 1.807) is 43.5 Å². The second kappa shape index (κ2) is 10.1. The average molecular weight is 407 g/mol. The molecule has 2 aromatic rings. The van der Waals surface area contributed by atoms with E-state index in [9.17, 15) is 13.2 Å². The van der Waals surface area contributed by atoms with Gasteiger partial charge >= 0.3 is 0 Å². The number of methoxy groups -OCH3 is 1. The number of nitrogens with zero attached hydrogens (tertiary/aromatic N) is 1. The largest absolute Gasteiger partial charge is 0.497 e. The van der Waals surface area contributed by atoms with Crippen molar-refractivity contribution in [2.75, 3.05) is 45.4 Å². The number of hydrogen-bond acceptors (Lipinski definition) is 6. The fourth-order valence-corrected chi connectivity index (χ4v) is 3.17. The zero-order valence-electron chi connectivity index (χ0n) is 16.3. The molecule has 1 N–H and O–H groups in total. The molecule has 1 amide bonds. The van der Waals surface area contributed by atoms with Crippen LogP contribution in [0.2, 0.25) is 0 Å². The molecule has 0 bridgehead atoms. The number of nitrogens with one attached hydrogen (secondary N) is 1. The van der Waals surface area contributed by atoms with Crippen LogP contribution in [-0.4, -0.2) is 59.3 Å². The van der Waals surface area contributed by atoms with Gasteiger partial charge in [0.05, 0.1) is 25.2 Å². The van der Waals surface area contributed by atoms with Crippen molar-refractivity contribution >= 4 is 21.4 Å². The van der Waals surface area contributed by atoms with Gasteiger partial charge in [-0.1, -0.05) is 6.07 Å². The van der Waals surface area contributed by atoms with Crippen LogP contribution in [0.1, 0.15) is 6.42 Å². The molecule has 0 fully saturated rings. The number of likely N-dealkylation sites (N-methyl/N-ethyl adjacent to an activating group) is 1. The van der Waals surface area contributed by atoms with E-state index >= 15 is 0 Å². The second-order valence-electron chi connectivity index (χ2n) is 6.46. The molecular formula is C20H26N2O5S. The van der Waals surface area contributed by atoms with Gasteiger partial charge in [0.15, 0.2) is 9.84 Å². The van der Waals surface area contributed by atoms with E-state index in [0.29, 0.717) is 31.0 Å². The van der Waals surface area contributed by atoms with Gasteiger partial charge in [0.1, 0.15) is 11.5 Å². The summed E-state index contributed by atoms with van der Waals surface area (Å²) in [6.45, 7) is 1.36. The molecule has 0 aliphatic carbocycles. The molecule has 0 radical (unpaired) electrons. The lowest BCUT2D eigenvalue weighted by atomic mass is 10.3. The lowest BCUT2D eigenvalue weighted by Crippen LogP contribution is -2.31. The number of amides is 1. The molecule has 0 atom stereocenters. The number of benzene rings is 2. The van der Waals surface area contributed by atoms with Crippen LogP contribution in [0.5, 0.6) is 11.5 Å². The number of rotatable bonds is 10. The van der Waals surface area contributed by atoms with Crippen LogP contribution in [0.25, 0.3) is 0 Å². The van der Waals surface area contributed by atoms with E-state index in [1.165, 1.54) is 12.1 Å². The lowest BCUT2D eigenvalue weighted by Gasteiger charge is -2.16. The first-order valence-corrected chi connectivity index (χ1v) is 10.7. The molecule has 152 valence electrons. The Balaban J connectivity index is 1.70. The summed E-state index contributed by atoms with van der Waals surface area (Å²) in [5, 5.41) is 2.84. The predicted octanol–water partition coefficient (Wildman–Crippen LogP) is 2.44. The van der Waals surface area contributed by atoms with Crippen molar-refractivity contribution in [3.8, 4) is 11.5 Å². The van der Waals surface area contributed by atoms with E-state index in [0.717, 1.165) is 12.0 Å². The van der Waals surface area contributed by atoms with Crippen LogP contribution in [0.3, 0.4) is 0 Å². The molecule has 0 aromatic heterocycles. The van der Waals surface area contributed by atoms with Gasteiger partial charge in [0.2, 0.25) is 5.91 Å². The van der Waals surface area contributed by atoms with Gasteiger partial charge in [0, 0.05) is 18.5 Å². The van der Waals surface area contributed by atoms with Gasteiger partial charge in [-0.3, -0.25) is 9.69 Å². The molecule has 0 saturated heterocycles. The predicted molar refractivity (Wildman–Crippen MR) is 109 cm³/mol. The molecule has 28 heavy (non-hydrogen) atoms. The standard InChI is InChI=1S/C20H26N2O5S/c1-22(15-20(23)21-16-8-10-17(26-2)11-9-16)12-5-13-27-18-6-4-7-19(14-18)28(3,24)25/h4,6-11,14H,5,12-13,15H2,1-3H3,(H,21,23). The Morgan fingerprint density at radius 3 is 2.46 bits per heavy atom. The van der Waals surface area contributed by atoms with E-state index in [4.69, 9.17) is 9.47 Å². The van der Waals surface area contributed by atoms with Crippen LogP contribution in [0.15, 0.2) is 53.4 Å². The van der Waals surface area contributed by atoms with Gasteiger partial charge < -0.3 is 14.8 Å². The van der Waals surface area contributed by atoms with Crippen LogP contribution >= 0.6 is 0 Å². The Morgan fingerprint density at radius 1 is 1.11 bits per heavy atom. The Kier molecular flexibility index (Phi) is 7.83. The minimum atomic E-state index is -3.25. The lowest BCUT2D eigenvalue weighted by molar-refractivity contribution is -0.117. The second-order valence-corrected chi connectivity index (χ2v) is 8.48. The molecule has 2 rings (SSSR count). The summed E-state index contributed by atoms with van der Waals surface area (Å²) in [6.07, 6.45) is 1.87. The highest BCUT2D eigenvalue weighted by molar-refractivity contribution is 7.90. The third kappa shape index (κ3) is 7.21. The first-order valence-electron chi connectivity index (χ1n) is 8.83. The molecule has 7 nitrogen and oxygen atoms in total. The van der Waals surface area contributed by atoms with Crippen LogP contribution in [0, 0.1) is 0 Å². The first-order chi connectivity index (χ1) is 13.3. The van der Waals surface area contributed by atoms with Gasteiger partial charge in [-0.15, -0.1) is 0 Å². The molecule has 8 heteroatoms. The number of carbonyl (C=O) groups is 1. The summed E-state index contributed by atoms with van der Waals surface area (Å²) in [5.74, 6) is 1.15. The highest BCUT2D eigenvalue weighted by Gasteiger charge is 2.09. The maximum Gasteiger partial charge on any atom is 0.238 e. The number of anilines is 1. The van der Waals surface area contributed by atoms with Crippen LogP contribution < -0.4 is 14.8 Å². The maximum absolute atomic E-state index is 12.1. The summed E-state index contributed by atoms with van der Waals surface area (Å²) in [4.78, 5) is 14.2. The normalized spacial score (nSPS) is 11.3. The molecule has 0 aliphatic rings. The highest BCUT2D eigenvalue weighted by atomic mass is 32.2. The Hall–Kier alpha value is -2.58. The average Bonchev–Trinajstić information content (AvgIpc) is 2.65. The Bertz CT molecular complexity index is 882. The zero-order valence-corrected chi connectivity index (χ0v) is 17.2. The maximum atomic E-state index is 12.1. The van der Waals surface area contributed by atoms with Crippen molar-refractivity contribution in [2.24, 2.45) is 0 Å². The van der Waals surface area contributed by atoms with Crippen molar-refractivity contribution < 1.29 is 22.7 Å².